The van der Waals surface area contributed by atoms with E-state index < -0.39 is 0 Å². The highest BCUT2D eigenvalue weighted by Gasteiger charge is 2.09. The van der Waals surface area contributed by atoms with E-state index in [0.717, 1.165) is 27.9 Å². The number of nitrogens with zero attached hydrogens (tertiary/aromatic N) is 3. The summed E-state index contributed by atoms with van der Waals surface area (Å²) in [5, 5.41) is 15.3. The summed E-state index contributed by atoms with van der Waals surface area (Å²) >= 11 is 1.53. The molecular weight excluding hydrogens is 296 g/mol. The zero-order valence-corrected chi connectivity index (χ0v) is 12.3. The topological polar surface area (TPSA) is 62.5 Å². The molecule has 0 aliphatic carbocycles. The first kappa shape index (κ1) is 12.8. The van der Waals surface area contributed by atoms with Gasteiger partial charge in [-0.25, -0.2) is 9.97 Å². The van der Waals surface area contributed by atoms with Crippen molar-refractivity contribution >= 4 is 27.8 Å². The molecule has 22 heavy (non-hydrogen) atoms. The summed E-state index contributed by atoms with van der Waals surface area (Å²) in [4.78, 5) is 8.98. The van der Waals surface area contributed by atoms with Crippen molar-refractivity contribution in [2.45, 2.75) is 0 Å². The lowest BCUT2D eigenvalue weighted by Crippen LogP contribution is -1.90. The molecule has 0 saturated heterocycles. The number of aromatic nitrogens is 3. The van der Waals surface area contributed by atoms with Crippen LogP contribution in [0, 0.1) is 0 Å². The number of phenols is 1. The number of imidazole rings is 1. The number of fused-ring (bicyclic) bond motifs is 1. The Labute approximate surface area is 130 Å². The van der Waals surface area contributed by atoms with Crippen LogP contribution in [0.4, 0.5) is 10.8 Å². The molecule has 0 aliphatic rings. The van der Waals surface area contributed by atoms with Gasteiger partial charge < -0.3 is 10.4 Å². The minimum absolute atomic E-state index is 0.246. The highest BCUT2D eigenvalue weighted by atomic mass is 32.1. The summed E-state index contributed by atoms with van der Waals surface area (Å²) in [6.45, 7) is 0. The first-order valence-corrected chi connectivity index (χ1v) is 7.61. The van der Waals surface area contributed by atoms with Gasteiger partial charge in [-0.1, -0.05) is 6.07 Å². The van der Waals surface area contributed by atoms with Crippen molar-refractivity contribution in [2.75, 3.05) is 5.32 Å². The Bertz CT molecular complexity index is 927. The Hall–Kier alpha value is -2.86. The molecule has 2 N–H and O–H groups in total. The fourth-order valence-corrected chi connectivity index (χ4v) is 2.96. The highest BCUT2D eigenvalue weighted by molar-refractivity contribution is 7.14. The second-order valence-corrected chi connectivity index (χ2v) is 5.64. The average Bonchev–Trinajstić information content (AvgIpc) is 3.16. The molecule has 0 atom stereocenters. The van der Waals surface area contributed by atoms with Gasteiger partial charge in [0.1, 0.15) is 17.1 Å². The number of rotatable bonds is 3. The number of pyridine rings is 1. The molecule has 0 bridgehead atoms. The summed E-state index contributed by atoms with van der Waals surface area (Å²) in [6, 6.07) is 12.8. The van der Waals surface area contributed by atoms with Gasteiger partial charge in [0.2, 0.25) is 0 Å². The van der Waals surface area contributed by atoms with Crippen LogP contribution in [0.3, 0.4) is 0 Å². The van der Waals surface area contributed by atoms with Crippen molar-refractivity contribution in [3.05, 3.63) is 60.2 Å². The van der Waals surface area contributed by atoms with Gasteiger partial charge >= 0.3 is 0 Å². The molecular formula is C16H12N4OS. The van der Waals surface area contributed by atoms with E-state index in [2.05, 4.69) is 15.3 Å². The lowest BCUT2D eigenvalue weighted by atomic mass is 10.3. The van der Waals surface area contributed by atoms with Crippen LogP contribution in [-0.2, 0) is 0 Å². The largest absolute Gasteiger partial charge is 0.508 e. The van der Waals surface area contributed by atoms with Crippen molar-refractivity contribution in [1.29, 1.82) is 0 Å². The Morgan fingerprint density at radius 1 is 1.09 bits per heavy atom. The van der Waals surface area contributed by atoms with Gasteiger partial charge in [0, 0.05) is 17.3 Å². The van der Waals surface area contributed by atoms with Gasteiger partial charge in [-0.15, -0.1) is 11.3 Å². The molecule has 0 saturated carbocycles. The lowest BCUT2D eigenvalue weighted by molar-refractivity contribution is 0.475. The molecule has 0 radical (unpaired) electrons. The molecule has 0 unspecified atom stereocenters. The predicted molar refractivity (Wildman–Crippen MR) is 87.7 cm³/mol. The molecule has 0 aliphatic heterocycles. The molecule has 0 spiro atoms. The predicted octanol–water partition coefficient (Wildman–Crippen LogP) is 3.91. The third-order valence-electron chi connectivity index (χ3n) is 3.30. The summed E-state index contributed by atoms with van der Waals surface area (Å²) in [5.41, 5.74) is 3.63. The number of anilines is 2. The van der Waals surface area contributed by atoms with Crippen LogP contribution in [0.2, 0.25) is 0 Å². The fourth-order valence-electron chi connectivity index (χ4n) is 2.24. The maximum absolute atomic E-state index is 9.30. The van der Waals surface area contributed by atoms with Gasteiger partial charge in [-0.2, -0.15) is 0 Å². The van der Waals surface area contributed by atoms with Gasteiger partial charge in [-0.05, 0) is 36.4 Å². The smallest absolute Gasteiger partial charge is 0.187 e. The second-order valence-electron chi connectivity index (χ2n) is 4.78. The minimum atomic E-state index is 0.246. The monoisotopic (exact) mass is 308 g/mol. The van der Waals surface area contributed by atoms with Crippen LogP contribution in [0.15, 0.2) is 60.2 Å². The molecule has 5 nitrogen and oxygen atoms in total. The SMILES string of the molecule is Oc1ccc(Nc2nc(-c3cnc4ccccn34)cs2)cc1. The Kier molecular flexibility index (Phi) is 3.01. The van der Waals surface area contributed by atoms with Crippen LogP contribution in [-0.4, -0.2) is 19.5 Å². The highest BCUT2D eigenvalue weighted by Crippen LogP contribution is 2.28. The molecule has 0 amide bonds. The van der Waals surface area contributed by atoms with E-state index in [4.69, 9.17) is 0 Å². The van der Waals surface area contributed by atoms with E-state index >= 15 is 0 Å². The standard InChI is InChI=1S/C16H12N4OS/c21-12-6-4-11(5-7-12)18-16-19-13(10-22-16)14-9-17-15-3-1-2-8-20(14)15/h1-10,21H,(H,18,19). The van der Waals surface area contributed by atoms with Crippen molar-refractivity contribution < 1.29 is 5.11 Å². The summed E-state index contributed by atoms with van der Waals surface area (Å²) in [5.74, 6) is 0.246. The summed E-state index contributed by atoms with van der Waals surface area (Å²) in [7, 11) is 0. The number of phenolic OH excluding ortho intramolecular Hbond substituents is 1. The molecule has 3 aromatic heterocycles. The number of hydrogen-bond donors (Lipinski definition) is 2. The third-order valence-corrected chi connectivity index (χ3v) is 4.06. The summed E-state index contributed by atoms with van der Waals surface area (Å²) < 4.78 is 2.01. The van der Waals surface area contributed by atoms with Crippen LogP contribution in [0.5, 0.6) is 5.75 Å². The van der Waals surface area contributed by atoms with E-state index in [0.29, 0.717) is 0 Å². The van der Waals surface area contributed by atoms with Crippen LogP contribution >= 0.6 is 11.3 Å². The number of aromatic hydroxyl groups is 1. The number of nitrogens with one attached hydrogen (secondary N) is 1. The van der Waals surface area contributed by atoms with E-state index in [-0.39, 0.29) is 5.75 Å². The van der Waals surface area contributed by atoms with Crippen molar-refractivity contribution in [2.24, 2.45) is 0 Å². The fraction of sp³-hybridized carbons (Fsp3) is 0. The van der Waals surface area contributed by atoms with E-state index in [1.54, 1.807) is 12.1 Å². The molecule has 6 heteroatoms. The zero-order valence-electron chi connectivity index (χ0n) is 11.5. The van der Waals surface area contributed by atoms with Gasteiger partial charge in [0.05, 0.1) is 11.9 Å². The van der Waals surface area contributed by atoms with E-state index in [1.165, 1.54) is 11.3 Å². The normalized spacial score (nSPS) is 10.9. The summed E-state index contributed by atoms with van der Waals surface area (Å²) in [6.07, 6.45) is 3.80. The van der Waals surface area contributed by atoms with Crippen molar-refractivity contribution in [1.82, 2.24) is 14.4 Å². The molecule has 3 heterocycles. The average molecular weight is 308 g/mol. The quantitative estimate of drug-likeness (QED) is 0.563. The van der Waals surface area contributed by atoms with E-state index in [1.807, 2.05) is 52.5 Å². The van der Waals surface area contributed by atoms with Gasteiger partial charge in [-0.3, -0.25) is 4.40 Å². The number of benzene rings is 1. The zero-order chi connectivity index (χ0) is 14.9. The number of hydrogen-bond acceptors (Lipinski definition) is 5. The van der Waals surface area contributed by atoms with Crippen LogP contribution in [0.25, 0.3) is 17.0 Å². The van der Waals surface area contributed by atoms with Gasteiger partial charge in [0.25, 0.3) is 0 Å². The Morgan fingerprint density at radius 2 is 1.95 bits per heavy atom. The Morgan fingerprint density at radius 3 is 2.82 bits per heavy atom. The molecule has 4 aromatic rings. The maximum Gasteiger partial charge on any atom is 0.187 e. The van der Waals surface area contributed by atoms with Crippen LogP contribution in [0.1, 0.15) is 0 Å². The first-order valence-electron chi connectivity index (χ1n) is 6.74. The third kappa shape index (κ3) is 2.29. The maximum atomic E-state index is 9.30. The van der Waals surface area contributed by atoms with Gasteiger partial charge in [0.15, 0.2) is 5.13 Å². The molecule has 4 rings (SSSR count). The molecule has 1 aromatic carbocycles. The number of thiazole rings is 1. The minimum Gasteiger partial charge on any atom is -0.508 e. The van der Waals surface area contributed by atoms with E-state index in [9.17, 15) is 5.11 Å². The van der Waals surface area contributed by atoms with Crippen LogP contribution < -0.4 is 5.32 Å². The Balaban J connectivity index is 1.65. The van der Waals surface area contributed by atoms with Crippen molar-refractivity contribution in [3.63, 3.8) is 0 Å². The lowest BCUT2D eigenvalue weighted by Gasteiger charge is -2.02. The first-order chi connectivity index (χ1) is 10.8. The second kappa shape index (κ2) is 5.16. The molecule has 0 fully saturated rings. The molecule has 108 valence electrons. The van der Waals surface area contributed by atoms with Crippen molar-refractivity contribution in [3.8, 4) is 17.1 Å².